The van der Waals surface area contributed by atoms with Crippen LogP contribution in [0.4, 0.5) is 0 Å². The minimum atomic E-state index is 0.496. The lowest BCUT2D eigenvalue weighted by atomic mass is 9.94. The van der Waals surface area contributed by atoms with E-state index in [2.05, 4.69) is 107 Å². The van der Waals surface area contributed by atoms with Crippen LogP contribution in [0.2, 0.25) is 0 Å². The van der Waals surface area contributed by atoms with Crippen LogP contribution in [0.1, 0.15) is 0 Å². The minimum absolute atomic E-state index is 0.496. The molecule has 0 N–H and O–H groups in total. The first-order chi connectivity index (χ1) is 23.8. The predicted molar refractivity (Wildman–Crippen MR) is 193 cm³/mol. The number of rotatable bonds is 5. The van der Waals surface area contributed by atoms with E-state index >= 15 is 0 Å². The Bertz CT molecular complexity index is 2550. The van der Waals surface area contributed by atoms with Gasteiger partial charge >= 0.3 is 0 Å². The third-order valence-corrected chi connectivity index (χ3v) is 8.60. The van der Waals surface area contributed by atoms with E-state index in [1.807, 2.05) is 48.5 Å². The molecule has 4 aromatic heterocycles. The van der Waals surface area contributed by atoms with E-state index in [1.54, 1.807) is 12.4 Å². The maximum absolute atomic E-state index is 5.22. The number of nitrogens with zero attached hydrogens (tertiary/aromatic N) is 6. The first-order valence-corrected chi connectivity index (χ1v) is 15.8. The van der Waals surface area contributed by atoms with E-state index in [-0.39, 0.29) is 0 Å². The Morgan fingerprint density at radius 3 is 1.65 bits per heavy atom. The van der Waals surface area contributed by atoms with E-state index in [1.165, 1.54) is 16.2 Å². The molecule has 224 valence electrons. The van der Waals surface area contributed by atoms with Gasteiger partial charge in [-0.25, -0.2) is 19.9 Å². The van der Waals surface area contributed by atoms with Gasteiger partial charge in [-0.1, -0.05) is 103 Å². The monoisotopic (exact) mass is 614 g/mol. The van der Waals surface area contributed by atoms with Crippen molar-refractivity contribution in [3.8, 4) is 56.8 Å². The Hall–Kier alpha value is -6.66. The average molecular weight is 615 g/mol. The number of fused-ring (bicyclic) bond motifs is 5. The first kappa shape index (κ1) is 27.6. The van der Waals surface area contributed by atoms with Gasteiger partial charge in [0.05, 0.1) is 11.2 Å². The molecule has 4 heterocycles. The molecule has 9 aromatic rings. The zero-order valence-electron chi connectivity index (χ0n) is 25.7. The molecule has 0 saturated carbocycles. The van der Waals surface area contributed by atoms with Crippen molar-refractivity contribution < 1.29 is 0 Å². The molecule has 6 nitrogen and oxygen atoms in total. The summed E-state index contributed by atoms with van der Waals surface area (Å²) in [4.78, 5) is 28.7. The molecule has 0 fully saturated rings. The second kappa shape index (κ2) is 11.6. The van der Waals surface area contributed by atoms with Gasteiger partial charge in [-0.15, -0.1) is 0 Å². The average Bonchev–Trinajstić information content (AvgIpc) is 3.18. The first-order valence-electron chi connectivity index (χ1n) is 15.8. The van der Waals surface area contributed by atoms with Gasteiger partial charge in [0, 0.05) is 39.7 Å². The quantitative estimate of drug-likeness (QED) is 0.180. The summed E-state index contributed by atoms with van der Waals surface area (Å²) in [5.74, 6) is 1.55. The number of para-hydroxylation sites is 1. The SMILES string of the molecule is c1ccc(-c2nc(-c3cccc(-c4cccc(-c5nc6ccccc6c6c5ccc5ccccc56)c4)c3)nc(-c3ccccn3)n2)nc1. The summed E-state index contributed by atoms with van der Waals surface area (Å²) in [6.45, 7) is 0. The largest absolute Gasteiger partial charge is 0.253 e. The van der Waals surface area contributed by atoms with Crippen LogP contribution in [-0.4, -0.2) is 29.9 Å². The molecule has 0 unspecified atom stereocenters. The Balaban J connectivity index is 1.18. The van der Waals surface area contributed by atoms with Crippen LogP contribution in [0.25, 0.3) is 89.3 Å². The second-order valence-electron chi connectivity index (χ2n) is 11.6. The molecule has 9 rings (SSSR count). The van der Waals surface area contributed by atoms with Crippen LogP contribution in [-0.2, 0) is 0 Å². The summed E-state index contributed by atoms with van der Waals surface area (Å²) in [6.07, 6.45) is 3.48. The van der Waals surface area contributed by atoms with Crippen LogP contribution < -0.4 is 0 Å². The van der Waals surface area contributed by atoms with Crippen molar-refractivity contribution in [2.45, 2.75) is 0 Å². The van der Waals surface area contributed by atoms with E-state index < -0.39 is 0 Å². The highest BCUT2D eigenvalue weighted by atomic mass is 15.1. The zero-order valence-corrected chi connectivity index (χ0v) is 25.7. The van der Waals surface area contributed by atoms with Crippen molar-refractivity contribution in [2.24, 2.45) is 0 Å². The fourth-order valence-electron chi connectivity index (χ4n) is 6.35. The molecular weight excluding hydrogens is 589 g/mol. The Labute approximate surface area is 276 Å². The van der Waals surface area contributed by atoms with Crippen LogP contribution >= 0.6 is 0 Å². The van der Waals surface area contributed by atoms with Gasteiger partial charge in [0.25, 0.3) is 0 Å². The van der Waals surface area contributed by atoms with Crippen molar-refractivity contribution >= 4 is 32.4 Å². The number of benzene rings is 5. The predicted octanol–water partition coefficient (Wildman–Crippen LogP) is 9.85. The molecule has 0 aliphatic heterocycles. The van der Waals surface area contributed by atoms with Crippen molar-refractivity contribution in [3.05, 3.63) is 158 Å². The molecule has 0 amide bonds. The van der Waals surface area contributed by atoms with Gasteiger partial charge in [-0.3, -0.25) is 9.97 Å². The summed E-state index contributed by atoms with van der Waals surface area (Å²) in [6, 6.07) is 49.7. The van der Waals surface area contributed by atoms with Crippen molar-refractivity contribution in [2.75, 3.05) is 0 Å². The van der Waals surface area contributed by atoms with Gasteiger partial charge in [0.1, 0.15) is 11.4 Å². The van der Waals surface area contributed by atoms with E-state index in [4.69, 9.17) is 19.9 Å². The van der Waals surface area contributed by atoms with E-state index in [0.717, 1.165) is 44.2 Å². The highest BCUT2D eigenvalue weighted by Gasteiger charge is 2.16. The topological polar surface area (TPSA) is 77.3 Å². The molecule has 6 heteroatoms. The maximum atomic E-state index is 5.22. The van der Waals surface area contributed by atoms with Crippen LogP contribution in [0.15, 0.2) is 158 Å². The van der Waals surface area contributed by atoms with Crippen molar-refractivity contribution in [1.29, 1.82) is 0 Å². The van der Waals surface area contributed by atoms with Crippen molar-refractivity contribution in [1.82, 2.24) is 29.9 Å². The Morgan fingerprint density at radius 1 is 0.354 bits per heavy atom. The fraction of sp³-hybridized carbons (Fsp3) is 0. The van der Waals surface area contributed by atoms with E-state index in [9.17, 15) is 0 Å². The zero-order chi connectivity index (χ0) is 31.9. The Morgan fingerprint density at radius 2 is 0.938 bits per heavy atom. The summed E-state index contributed by atoms with van der Waals surface area (Å²) >= 11 is 0. The molecule has 5 aromatic carbocycles. The van der Waals surface area contributed by atoms with Gasteiger partial charge in [-0.05, 0) is 64.4 Å². The molecule has 0 aliphatic carbocycles. The molecule has 0 bridgehead atoms. The molecule has 0 aliphatic rings. The smallest absolute Gasteiger partial charge is 0.182 e. The third-order valence-electron chi connectivity index (χ3n) is 8.60. The molecule has 0 spiro atoms. The maximum Gasteiger partial charge on any atom is 0.182 e. The lowest BCUT2D eigenvalue weighted by molar-refractivity contribution is 1.05. The van der Waals surface area contributed by atoms with Crippen LogP contribution in [0.5, 0.6) is 0 Å². The van der Waals surface area contributed by atoms with Crippen LogP contribution in [0, 0.1) is 0 Å². The van der Waals surface area contributed by atoms with Crippen molar-refractivity contribution in [3.63, 3.8) is 0 Å². The Kier molecular flexibility index (Phi) is 6.68. The standard InChI is InChI=1S/C42H26N6/c1-2-16-32-27(11-1)21-22-34-38(32)33-17-3-4-18-35(33)45-39(34)30-14-9-12-28(25-30)29-13-10-15-31(26-29)40-46-41(36-19-5-7-23-43-36)48-42(47-40)37-20-6-8-24-44-37/h1-26H. The number of aromatic nitrogens is 6. The lowest BCUT2D eigenvalue weighted by Crippen LogP contribution is -2.01. The van der Waals surface area contributed by atoms with Crippen LogP contribution in [0.3, 0.4) is 0 Å². The van der Waals surface area contributed by atoms with E-state index in [0.29, 0.717) is 28.9 Å². The van der Waals surface area contributed by atoms with Gasteiger partial charge in [0.15, 0.2) is 17.5 Å². The highest BCUT2D eigenvalue weighted by Crippen LogP contribution is 2.38. The summed E-state index contributed by atoms with van der Waals surface area (Å²) in [5.41, 5.74) is 7.33. The van der Waals surface area contributed by atoms with Gasteiger partial charge < -0.3 is 0 Å². The van der Waals surface area contributed by atoms with Gasteiger partial charge in [-0.2, -0.15) is 0 Å². The normalized spacial score (nSPS) is 11.3. The molecular formula is C42H26N6. The van der Waals surface area contributed by atoms with Gasteiger partial charge in [0.2, 0.25) is 0 Å². The second-order valence-corrected chi connectivity index (χ2v) is 11.6. The number of pyridine rings is 3. The third kappa shape index (κ3) is 4.93. The minimum Gasteiger partial charge on any atom is -0.253 e. The lowest BCUT2D eigenvalue weighted by Gasteiger charge is -2.14. The molecule has 48 heavy (non-hydrogen) atoms. The number of hydrogen-bond acceptors (Lipinski definition) is 6. The number of hydrogen-bond donors (Lipinski definition) is 0. The summed E-state index contributed by atoms with van der Waals surface area (Å²) < 4.78 is 0. The molecule has 0 radical (unpaired) electrons. The summed E-state index contributed by atoms with van der Waals surface area (Å²) in [7, 11) is 0. The molecule has 0 atom stereocenters. The fourth-order valence-corrected chi connectivity index (χ4v) is 6.35. The highest BCUT2D eigenvalue weighted by molar-refractivity contribution is 6.22. The molecule has 0 saturated heterocycles. The summed E-state index contributed by atoms with van der Waals surface area (Å²) in [5, 5.41) is 5.96.